The maximum absolute atomic E-state index is 13.2. The molecule has 1 unspecified atom stereocenters. The van der Waals surface area contributed by atoms with E-state index in [1.807, 2.05) is 0 Å². The van der Waals surface area contributed by atoms with Crippen molar-refractivity contribution in [1.82, 2.24) is 4.90 Å². The van der Waals surface area contributed by atoms with E-state index in [0.29, 0.717) is 26.3 Å². The molecule has 0 radical (unpaired) electrons. The molecule has 192 valence electrons. The van der Waals surface area contributed by atoms with Crippen molar-refractivity contribution < 1.29 is 32.2 Å². The quantitative estimate of drug-likeness (QED) is 0.517. The monoisotopic (exact) mass is 523 g/mol. The van der Waals surface area contributed by atoms with Crippen molar-refractivity contribution in [2.75, 3.05) is 36.9 Å². The smallest absolute Gasteiger partial charge is 0.387 e. The highest BCUT2D eigenvalue weighted by Gasteiger charge is 2.41. The lowest BCUT2D eigenvalue weighted by Crippen LogP contribution is -2.59. The van der Waals surface area contributed by atoms with E-state index in [2.05, 4.69) is 15.4 Å². The molecule has 7 nitrogen and oxygen atoms in total. The van der Waals surface area contributed by atoms with Crippen LogP contribution in [0.1, 0.15) is 12.5 Å². The number of piperidine rings is 1. The molecule has 2 fully saturated rings. The first-order chi connectivity index (χ1) is 17.2. The van der Waals surface area contributed by atoms with Crippen LogP contribution in [-0.4, -0.2) is 55.7 Å². The number of alkyl halides is 2. The van der Waals surface area contributed by atoms with Crippen LogP contribution >= 0.6 is 11.6 Å². The van der Waals surface area contributed by atoms with Crippen LogP contribution in [0.4, 0.5) is 24.5 Å². The summed E-state index contributed by atoms with van der Waals surface area (Å²) in [7, 11) is 0. The van der Waals surface area contributed by atoms with Gasteiger partial charge in [0.25, 0.3) is 0 Å². The summed E-state index contributed by atoms with van der Waals surface area (Å²) in [6, 6.07) is 8.73. The SMILES string of the molecule is CC(=O)Nc1cc(Cl)c(OC(F)F)cc1/C=C/C(=O)N1C[C@H]2COC[C@@H](C1)C2Nc1ccc(F)cc1. The van der Waals surface area contributed by atoms with Gasteiger partial charge in [-0.05, 0) is 42.5 Å². The van der Waals surface area contributed by atoms with Crippen LogP contribution in [0, 0.1) is 17.7 Å². The van der Waals surface area contributed by atoms with E-state index in [-0.39, 0.29) is 51.6 Å². The normalized spacial score (nSPS) is 21.5. The molecule has 2 N–H and O–H groups in total. The van der Waals surface area contributed by atoms with E-state index in [1.165, 1.54) is 43.3 Å². The molecule has 0 aromatic heterocycles. The molecule has 4 rings (SSSR count). The second-order valence-corrected chi connectivity index (χ2v) is 9.15. The summed E-state index contributed by atoms with van der Waals surface area (Å²) in [5.74, 6) is -1.20. The van der Waals surface area contributed by atoms with E-state index >= 15 is 0 Å². The topological polar surface area (TPSA) is 79.9 Å². The number of carbonyl (C=O) groups excluding carboxylic acids is 2. The minimum Gasteiger partial charge on any atom is -0.433 e. The van der Waals surface area contributed by atoms with Crippen molar-refractivity contribution in [3.8, 4) is 5.75 Å². The molecule has 2 amide bonds. The third-order valence-corrected chi connectivity index (χ3v) is 6.41. The summed E-state index contributed by atoms with van der Waals surface area (Å²) < 4.78 is 48.9. The number of nitrogens with one attached hydrogen (secondary N) is 2. The molecule has 2 heterocycles. The minimum atomic E-state index is -3.08. The highest BCUT2D eigenvalue weighted by atomic mass is 35.5. The molecule has 0 aliphatic carbocycles. The fraction of sp³-hybridized carbons (Fsp3) is 0.360. The van der Waals surface area contributed by atoms with Gasteiger partial charge in [-0.2, -0.15) is 8.78 Å². The number of nitrogens with zero attached hydrogens (tertiary/aromatic N) is 1. The molecule has 0 spiro atoms. The highest BCUT2D eigenvalue weighted by Crippen LogP contribution is 2.34. The second-order valence-electron chi connectivity index (χ2n) is 8.74. The Kier molecular flexibility index (Phi) is 8.05. The lowest BCUT2D eigenvalue weighted by molar-refractivity contribution is -0.133. The van der Waals surface area contributed by atoms with Gasteiger partial charge in [-0.3, -0.25) is 9.59 Å². The largest absolute Gasteiger partial charge is 0.433 e. The van der Waals surface area contributed by atoms with E-state index in [1.54, 1.807) is 17.0 Å². The Bertz CT molecular complexity index is 1130. The molecule has 3 atom stereocenters. The van der Waals surface area contributed by atoms with Crippen LogP contribution in [0.15, 0.2) is 42.5 Å². The molecule has 0 saturated carbocycles. The van der Waals surface area contributed by atoms with E-state index in [9.17, 15) is 22.8 Å². The number of benzene rings is 2. The number of anilines is 2. The molecule has 2 aromatic rings. The van der Waals surface area contributed by atoms with Gasteiger partial charge in [0.1, 0.15) is 11.6 Å². The van der Waals surface area contributed by atoms with Crippen LogP contribution in [0.2, 0.25) is 5.02 Å². The van der Waals surface area contributed by atoms with Gasteiger partial charge in [0.15, 0.2) is 0 Å². The number of ether oxygens (including phenoxy) is 2. The highest BCUT2D eigenvalue weighted by molar-refractivity contribution is 6.32. The van der Waals surface area contributed by atoms with E-state index < -0.39 is 12.5 Å². The Labute approximate surface area is 211 Å². The summed E-state index contributed by atoms with van der Waals surface area (Å²) in [4.78, 5) is 26.3. The summed E-state index contributed by atoms with van der Waals surface area (Å²) in [6.07, 6.45) is 2.75. The lowest BCUT2D eigenvalue weighted by Gasteiger charge is -2.47. The van der Waals surface area contributed by atoms with Crippen LogP contribution in [0.3, 0.4) is 0 Å². The first kappa shape index (κ1) is 25.8. The standard InChI is InChI=1S/C25H25ClF3N3O4/c1-14(33)30-21-9-20(26)22(36-25(28)29)8-15(21)2-7-23(34)32-10-16-12-35-13-17(11-32)24(16)31-19-5-3-18(27)4-6-19/h2-9,16-17,24-25,31H,10-13H2,1H3,(H,30,33)/b7-2+/t16-,17+,24?. The Morgan fingerprint density at radius 1 is 1.17 bits per heavy atom. The Morgan fingerprint density at radius 3 is 2.44 bits per heavy atom. The number of likely N-dealkylation sites (tertiary alicyclic amines) is 1. The third-order valence-electron chi connectivity index (χ3n) is 6.11. The first-order valence-corrected chi connectivity index (χ1v) is 11.7. The first-order valence-electron chi connectivity index (χ1n) is 11.3. The van der Waals surface area contributed by atoms with E-state index in [4.69, 9.17) is 16.3 Å². The number of hydrogen-bond donors (Lipinski definition) is 2. The van der Waals surface area contributed by atoms with Crippen molar-refractivity contribution in [2.45, 2.75) is 19.6 Å². The van der Waals surface area contributed by atoms with Gasteiger partial charge < -0.3 is 25.0 Å². The maximum atomic E-state index is 13.2. The van der Waals surface area contributed by atoms with Crippen molar-refractivity contribution in [2.24, 2.45) is 11.8 Å². The van der Waals surface area contributed by atoms with Crippen LogP contribution < -0.4 is 15.4 Å². The fourth-order valence-corrected chi connectivity index (χ4v) is 4.76. The van der Waals surface area contributed by atoms with Crippen LogP contribution in [0.5, 0.6) is 5.75 Å². The van der Waals surface area contributed by atoms with Gasteiger partial charge in [-0.15, -0.1) is 0 Å². The molecule has 2 saturated heterocycles. The van der Waals surface area contributed by atoms with Crippen molar-refractivity contribution in [3.05, 3.63) is 58.9 Å². The Balaban J connectivity index is 1.48. The fourth-order valence-electron chi connectivity index (χ4n) is 4.55. The average molecular weight is 524 g/mol. The molecular weight excluding hydrogens is 499 g/mol. The average Bonchev–Trinajstić information content (AvgIpc) is 2.80. The second kappa shape index (κ2) is 11.2. The van der Waals surface area contributed by atoms with Gasteiger partial charge in [-0.25, -0.2) is 4.39 Å². The van der Waals surface area contributed by atoms with Gasteiger partial charge in [0.2, 0.25) is 11.8 Å². The molecule has 2 aliphatic heterocycles. The Hall–Kier alpha value is -3.24. The number of fused-ring (bicyclic) bond motifs is 2. The minimum absolute atomic E-state index is 0.0245. The van der Waals surface area contributed by atoms with Crippen molar-refractivity contribution >= 4 is 40.9 Å². The zero-order valence-electron chi connectivity index (χ0n) is 19.3. The Morgan fingerprint density at radius 2 is 1.83 bits per heavy atom. The number of rotatable bonds is 7. The predicted molar refractivity (Wildman–Crippen MR) is 130 cm³/mol. The van der Waals surface area contributed by atoms with E-state index in [0.717, 1.165) is 5.69 Å². The van der Waals surface area contributed by atoms with Gasteiger partial charge >= 0.3 is 6.61 Å². The number of halogens is 4. The van der Waals surface area contributed by atoms with Crippen molar-refractivity contribution in [1.29, 1.82) is 0 Å². The molecule has 2 bridgehead atoms. The predicted octanol–water partition coefficient (Wildman–Crippen LogP) is 4.64. The third kappa shape index (κ3) is 6.30. The summed E-state index contributed by atoms with van der Waals surface area (Å²) in [5.41, 5.74) is 1.34. The van der Waals surface area contributed by atoms with Gasteiger partial charge in [0.05, 0.1) is 18.2 Å². The number of hydrogen-bond acceptors (Lipinski definition) is 5. The zero-order chi connectivity index (χ0) is 25.8. The van der Waals surface area contributed by atoms with Crippen molar-refractivity contribution in [3.63, 3.8) is 0 Å². The number of amides is 2. The van der Waals surface area contributed by atoms with Gasteiger partial charge in [0, 0.05) is 60.9 Å². The lowest BCUT2D eigenvalue weighted by atomic mass is 9.82. The van der Waals surface area contributed by atoms with Gasteiger partial charge in [-0.1, -0.05) is 11.6 Å². The van der Waals surface area contributed by atoms with Crippen LogP contribution in [0.25, 0.3) is 6.08 Å². The summed E-state index contributed by atoms with van der Waals surface area (Å²) in [5, 5.41) is 5.92. The summed E-state index contributed by atoms with van der Waals surface area (Å²) in [6.45, 7) is 0.0388. The molecule has 36 heavy (non-hydrogen) atoms. The zero-order valence-corrected chi connectivity index (χ0v) is 20.1. The molecule has 2 aliphatic rings. The maximum Gasteiger partial charge on any atom is 0.387 e. The summed E-state index contributed by atoms with van der Waals surface area (Å²) >= 11 is 6.00. The van der Waals surface area contributed by atoms with Crippen LogP contribution in [-0.2, 0) is 14.3 Å². The molecule has 2 aromatic carbocycles. The molecule has 11 heteroatoms. The molecular formula is C25H25ClF3N3O4. The number of carbonyl (C=O) groups is 2.